The lowest BCUT2D eigenvalue weighted by atomic mass is 10.3. The number of nitrogens with one attached hydrogen (secondary N) is 2. The van der Waals surface area contributed by atoms with Crippen LogP contribution in [0.15, 0.2) is 23.0 Å². The third kappa shape index (κ3) is 2.31. The largest absolute Gasteiger partial charge is 0.318 e. The van der Waals surface area contributed by atoms with Crippen LogP contribution in [0.2, 0.25) is 0 Å². The molecule has 82 valence electrons. The number of anilines is 1. The Labute approximate surface area is 94.4 Å². The molecule has 2 heterocycles. The van der Waals surface area contributed by atoms with Crippen LogP contribution in [0.4, 0.5) is 5.13 Å². The van der Waals surface area contributed by atoms with Gasteiger partial charge in [-0.2, -0.15) is 0 Å². The molecule has 7 heteroatoms. The van der Waals surface area contributed by atoms with Gasteiger partial charge in [0.15, 0.2) is 0 Å². The molecule has 6 nitrogen and oxygen atoms in total. The van der Waals surface area contributed by atoms with E-state index in [2.05, 4.69) is 20.5 Å². The predicted octanol–water partition coefficient (Wildman–Crippen LogP) is 0.787. The molecule has 0 unspecified atom stereocenters. The fourth-order valence-electron chi connectivity index (χ4n) is 1.09. The van der Waals surface area contributed by atoms with Crippen molar-refractivity contribution in [2.24, 2.45) is 0 Å². The molecule has 0 atom stereocenters. The predicted molar refractivity (Wildman–Crippen MR) is 59.7 cm³/mol. The number of amides is 1. The van der Waals surface area contributed by atoms with Crippen molar-refractivity contribution < 1.29 is 4.79 Å². The molecule has 0 aliphatic rings. The maximum Gasteiger partial charge on any atom is 0.274 e. The molecule has 1 amide bonds. The minimum atomic E-state index is -0.408. The highest BCUT2D eigenvalue weighted by Gasteiger charge is 2.09. The Hall–Kier alpha value is -2.02. The van der Waals surface area contributed by atoms with Crippen LogP contribution in [0.5, 0.6) is 0 Å². The molecule has 0 aromatic carbocycles. The third-order valence-electron chi connectivity index (χ3n) is 1.76. The van der Waals surface area contributed by atoms with E-state index >= 15 is 0 Å². The topological polar surface area (TPSA) is 87.7 Å². The maximum absolute atomic E-state index is 11.6. The average Bonchev–Trinajstić information content (AvgIpc) is 2.64. The van der Waals surface area contributed by atoms with Gasteiger partial charge in [0, 0.05) is 6.07 Å². The number of hydrogen-bond donors (Lipinski definition) is 2. The van der Waals surface area contributed by atoms with Crippen molar-refractivity contribution in [1.29, 1.82) is 0 Å². The molecule has 2 aromatic rings. The van der Waals surface area contributed by atoms with Crippen molar-refractivity contribution in [3.8, 4) is 0 Å². The van der Waals surface area contributed by atoms with Crippen molar-refractivity contribution in [2.75, 3.05) is 5.32 Å². The Bertz CT molecular complexity index is 575. The molecule has 0 bridgehead atoms. The lowest BCUT2D eigenvalue weighted by Crippen LogP contribution is -2.17. The first-order valence-electron chi connectivity index (χ1n) is 4.46. The van der Waals surface area contributed by atoms with Gasteiger partial charge in [-0.05, 0) is 13.0 Å². The Morgan fingerprint density at radius 1 is 1.44 bits per heavy atom. The van der Waals surface area contributed by atoms with Gasteiger partial charge < -0.3 is 4.98 Å². The molecule has 0 aliphatic heterocycles. The van der Waals surface area contributed by atoms with E-state index in [1.54, 1.807) is 6.92 Å². The van der Waals surface area contributed by atoms with E-state index in [0.29, 0.717) is 5.13 Å². The van der Waals surface area contributed by atoms with E-state index in [1.165, 1.54) is 29.5 Å². The molecule has 2 N–H and O–H groups in total. The summed E-state index contributed by atoms with van der Waals surface area (Å²) in [6, 6.07) is 4.37. The molecular formula is C9H8N4O2S. The van der Waals surface area contributed by atoms with Gasteiger partial charge in [0.25, 0.3) is 5.91 Å². The minimum Gasteiger partial charge on any atom is -0.318 e. The van der Waals surface area contributed by atoms with Gasteiger partial charge in [-0.15, -0.1) is 10.2 Å². The zero-order valence-electron chi connectivity index (χ0n) is 8.35. The smallest absolute Gasteiger partial charge is 0.274 e. The number of aromatic nitrogens is 3. The van der Waals surface area contributed by atoms with Crippen LogP contribution in [0.1, 0.15) is 15.5 Å². The van der Waals surface area contributed by atoms with Crippen LogP contribution in [0.3, 0.4) is 0 Å². The molecule has 0 saturated carbocycles. The number of carbonyl (C=O) groups is 1. The molecule has 0 saturated heterocycles. The summed E-state index contributed by atoms with van der Waals surface area (Å²) in [5.74, 6) is -0.408. The van der Waals surface area contributed by atoms with Crippen LogP contribution in [-0.2, 0) is 0 Å². The number of carbonyl (C=O) groups excluding carboxylic acids is 1. The molecule has 0 spiro atoms. The van der Waals surface area contributed by atoms with Crippen molar-refractivity contribution in [1.82, 2.24) is 15.2 Å². The van der Waals surface area contributed by atoms with Crippen LogP contribution < -0.4 is 10.9 Å². The second-order valence-corrected chi connectivity index (χ2v) is 4.19. The summed E-state index contributed by atoms with van der Waals surface area (Å²) in [6.45, 7) is 1.79. The number of hydrogen-bond acceptors (Lipinski definition) is 5. The number of rotatable bonds is 2. The number of pyridine rings is 1. The van der Waals surface area contributed by atoms with Crippen molar-refractivity contribution in [3.63, 3.8) is 0 Å². The fourth-order valence-corrected chi connectivity index (χ4v) is 1.68. The Morgan fingerprint density at radius 2 is 2.25 bits per heavy atom. The standard InChI is InChI=1S/C9H8N4O2S/c1-5-12-13-9(16-5)11-8(15)6-3-2-4-7(14)10-6/h2-4H,1H3,(H,10,14)(H,11,13,15). The first kappa shape index (κ1) is 10.5. The minimum absolute atomic E-state index is 0.195. The highest BCUT2D eigenvalue weighted by molar-refractivity contribution is 7.15. The first-order chi connectivity index (χ1) is 7.65. The maximum atomic E-state index is 11.6. The number of H-pyrrole nitrogens is 1. The molecule has 0 radical (unpaired) electrons. The van der Waals surface area contributed by atoms with Crippen LogP contribution in [-0.4, -0.2) is 21.1 Å². The zero-order valence-corrected chi connectivity index (χ0v) is 9.17. The van der Waals surface area contributed by atoms with E-state index in [-0.39, 0.29) is 11.3 Å². The van der Waals surface area contributed by atoms with E-state index in [1.807, 2.05) is 0 Å². The summed E-state index contributed by atoms with van der Waals surface area (Å²) < 4.78 is 0. The van der Waals surface area contributed by atoms with Gasteiger partial charge in [-0.1, -0.05) is 17.4 Å². The first-order valence-corrected chi connectivity index (χ1v) is 5.27. The number of aryl methyl sites for hydroxylation is 1. The Balaban J connectivity index is 2.17. The summed E-state index contributed by atoms with van der Waals surface area (Å²) in [6.07, 6.45) is 0. The summed E-state index contributed by atoms with van der Waals surface area (Å²) >= 11 is 1.27. The summed E-state index contributed by atoms with van der Waals surface area (Å²) in [5, 5.41) is 11.2. The highest BCUT2D eigenvalue weighted by Crippen LogP contribution is 2.14. The van der Waals surface area contributed by atoms with Crippen molar-refractivity contribution in [3.05, 3.63) is 39.3 Å². The van der Waals surface area contributed by atoms with Gasteiger partial charge in [0.2, 0.25) is 10.7 Å². The molecule has 2 rings (SSSR count). The highest BCUT2D eigenvalue weighted by atomic mass is 32.1. The van der Waals surface area contributed by atoms with Gasteiger partial charge in [-0.25, -0.2) is 0 Å². The third-order valence-corrected chi connectivity index (χ3v) is 2.51. The summed E-state index contributed by atoms with van der Waals surface area (Å²) in [4.78, 5) is 25.0. The normalized spacial score (nSPS) is 10.1. The van der Waals surface area contributed by atoms with Crippen LogP contribution >= 0.6 is 11.3 Å². The molecule has 2 aromatic heterocycles. The van der Waals surface area contributed by atoms with Gasteiger partial charge >= 0.3 is 0 Å². The average molecular weight is 236 g/mol. The Kier molecular flexibility index (Phi) is 2.78. The summed E-state index contributed by atoms with van der Waals surface area (Å²) in [5.41, 5.74) is -0.124. The van der Waals surface area contributed by atoms with Crippen LogP contribution in [0, 0.1) is 6.92 Å². The second-order valence-electron chi connectivity index (χ2n) is 3.01. The fraction of sp³-hybridized carbons (Fsp3) is 0.111. The monoisotopic (exact) mass is 236 g/mol. The van der Waals surface area contributed by atoms with Crippen molar-refractivity contribution in [2.45, 2.75) is 6.92 Å². The Morgan fingerprint density at radius 3 is 2.88 bits per heavy atom. The SMILES string of the molecule is Cc1nnc(NC(=O)c2cccc(=O)[nH]2)s1. The molecule has 16 heavy (non-hydrogen) atoms. The lowest BCUT2D eigenvalue weighted by Gasteiger charge is -1.99. The molecule has 0 aliphatic carbocycles. The zero-order chi connectivity index (χ0) is 11.5. The van der Waals surface area contributed by atoms with Gasteiger partial charge in [-0.3, -0.25) is 14.9 Å². The number of nitrogens with zero attached hydrogens (tertiary/aromatic N) is 2. The van der Waals surface area contributed by atoms with E-state index < -0.39 is 5.91 Å². The molecular weight excluding hydrogens is 228 g/mol. The van der Waals surface area contributed by atoms with Crippen LogP contribution in [0.25, 0.3) is 0 Å². The number of aromatic amines is 1. The summed E-state index contributed by atoms with van der Waals surface area (Å²) in [7, 11) is 0. The van der Waals surface area contributed by atoms with Gasteiger partial charge in [0.05, 0.1) is 0 Å². The van der Waals surface area contributed by atoms with E-state index in [4.69, 9.17) is 0 Å². The molecule has 0 fully saturated rings. The van der Waals surface area contributed by atoms with Crippen molar-refractivity contribution >= 4 is 22.4 Å². The van der Waals surface area contributed by atoms with Gasteiger partial charge in [0.1, 0.15) is 10.7 Å². The lowest BCUT2D eigenvalue weighted by molar-refractivity contribution is 0.102. The van der Waals surface area contributed by atoms with E-state index in [0.717, 1.165) is 5.01 Å². The van der Waals surface area contributed by atoms with E-state index in [9.17, 15) is 9.59 Å². The second kappa shape index (κ2) is 4.23. The quantitative estimate of drug-likeness (QED) is 0.806.